The monoisotopic (exact) mass is 519 g/mol. The maximum Gasteiger partial charge on any atom is 0.224 e. The van der Waals surface area contributed by atoms with Crippen molar-refractivity contribution in [3.63, 3.8) is 0 Å². The zero-order chi connectivity index (χ0) is 25.9. The van der Waals surface area contributed by atoms with Gasteiger partial charge in [-0.3, -0.25) is 9.69 Å². The van der Waals surface area contributed by atoms with Gasteiger partial charge < -0.3 is 14.8 Å². The standard InChI is InChI=1S/C29H38FN7O/c30-24-9-7-22(8-10-24)18-35-15-11-21(12-16-35)17-31-29(38)23-5-4-13-36(19-23)27-26-28(33-20-32-27)37-14-3-1-2-6-25(37)34-26/h7-10,20-21,23H,1-6,11-19H2,(H,31,38)/t23-/m0/s1. The first-order valence-electron chi connectivity index (χ1n) is 14.3. The van der Waals surface area contributed by atoms with Gasteiger partial charge in [0.2, 0.25) is 5.91 Å². The van der Waals surface area contributed by atoms with Crippen LogP contribution in [0.5, 0.6) is 0 Å². The van der Waals surface area contributed by atoms with Gasteiger partial charge in [-0.25, -0.2) is 19.3 Å². The number of likely N-dealkylation sites (tertiary alicyclic amines) is 1. The van der Waals surface area contributed by atoms with Crippen LogP contribution in [0.1, 0.15) is 56.3 Å². The summed E-state index contributed by atoms with van der Waals surface area (Å²) in [5.74, 6) is 2.44. The lowest BCUT2D eigenvalue weighted by atomic mass is 9.94. The summed E-state index contributed by atoms with van der Waals surface area (Å²) in [5.41, 5.74) is 2.97. The third-order valence-electron chi connectivity index (χ3n) is 8.56. The molecule has 0 bridgehead atoms. The van der Waals surface area contributed by atoms with Gasteiger partial charge >= 0.3 is 0 Å². The molecule has 3 aliphatic heterocycles. The first-order chi connectivity index (χ1) is 18.6. The number of amides is 1. The molecule has 0 radical (unpaired) electrons. The van der Waals surface area contributed by atoms with Crippen LogP contribution < -0.4 is 10.2 Å². The topological polar surface area (TPSA) is 79.2 Å². The van der Waals surface area contributed by atoms with E-state index in [-0.39, 0.29) is 17.6 Å². The summed E-state index contributed by atoms with van der Waals surface area (Å²) < 4.78 is 15.4. The quantitative estimate of drug-likeness (QED) is 0.532. The highest BCUT2D eigenvalue weighted by molar-refractivity contribution is 5.85. The van der Waals surface area contributed by atoms with E-state index in [2.05, 4.69) is 29.7 Å². The molecule has 0 unspecified atom stereocenters. The molecule has 2 fully saturated rings. The van der Waals surface area contributed by atoms with E-state index >= 15 is 0 Å². The molecule has 0 aliphatic carbocycles. The number of nitrogens with zero attached hydrogens (tertiary/aromatic N) is 6. The van der Waals surface area contributed by atoms with Crippen molar-refractivity contribution in [1.82, 2.24) is 29.7 Å². The normalized spacial score (nSPS) is 21.3. The van der Waals surface area contributed by atoms with Crippen molar-refractivity contribution >= 4 is 22.9 Å². The Morgan fingerprint density at radius 1 is 0.974 bits per heavy atom. The third-order valence-corrected chi connectivity index (χ3v) is 8.56. The molecule has 1 amide bonds. The molecule has 8 nitrogen and oxygen atoms in total. The number of imidazole rings is 1. The van der Waals surface area contributed by atoms with E-state index in [1.54, 1.807) is 6.33 Å². The van der Waals surface area contributed by atoms with Crippen LogP contribution in [0.4, 0.5) is 10.2 Å². The minimum Gasteiger partial charge on any atom is -0.356 e. The fourth-order valence-electron chi connectivity index (χ4n) is 6.33. The van der Waals surface area contributed by atoms with Gasteiger partial charge in [0.1, 0.15) is 18.0 Å². The number of nitrogens with one attached hydrogen (secondary N) is 1. The van der Waals surface area contributed by atoms with Gasteiger partial charge in [0, 0.05) is 39.1 Å². The van der Waals surface area contributed by atoms with Crippen LogP contribution in [0.15, 0.2) is 30.6 Å². The molecular formula is C29H38FN7O. The summed E-state index contributed by atoms with van der Waals surface area (Å²) in [5, 5.41) is 3.27. The fraction of sp³-hybridized carbons (Fsp3) is 0.586. The third kappa shape index (κ3) is 5.53. The summed E-state index contributed by atoms with van der Waals surface area (Å²) in [6, 6.07) is 6.79. The fourth-order valence-corrected chi connectivity index (χ4v) is 6.33. The Balaban J connectivity index is 1.02. The number of aromatic nitrogens is 4. The molecule has 38 heavy (non-hydrogen) atoms. The van der Waals surface area contributed by atoms with Crippen molar-refractivity contribution in [2.24, 2.45) is 11.8 Å². The van der Waals surface area contributed by atoms with E-state index in [9.17, 15) is 9.18 Å². The lowest BCUT2D eigenvalue weighted by Crippen LogP contribution is -2.45. The minimum atomic E-state index is -0.190. The number of piperidine rings is 2. The molecule has 2 saturated heterocycles. The molecule has 1 aromatic carbocycles. The number of carbonyl (C=O) groups excluding carboxylic acids is 1. The summed E-state index contributed by atoms with van der Waals surface area (Å²) in [7, 11) is 0. The molecule has 0 spiro atoms. The average Bonchev–Trinajstić information content (AvgIpc) is 3.14. The minimum absolute atomic E-state index is 0.0345. The predicted octanol–water partition coefficient (Wildman–Crippen LogP) is 3.94. The Morgan fingerprint density at radius 3 is 2.66 bits per heavy atom. The zero-order valence-electron chi connectivity index (χ0n) is 22.1. The Labute approximate surface area is 223 Å². The van der Waals surface area contributed by atoms with Gasteiger partial charge in [-0.1, -0.05) is 18.6 Å². The number of hydrogen-bond acceptors (Lipinski definition) is 6. The number of halogens is 1. The van der Waals surface area contributed by atoms with E-state index in [0.29, 0.717) is 12.5 Å². The Hall–Kier alpha value is -3.07. The molecule has 6 rings (SSSR count). The molecule has 1 atom stereocenters. The Morgan fingerprint density at radius 2 is 1.82 bits per heavy atom. The highest BCUT2D eigenvalue weighted by atomic mass is 19.1. The van der Waals surface area contributed by atoms with Crippen LogP contribution >= 0.6 is 0 Å². The number of rotatable bonds is 6. The highest BCUT2D eigenvalue weighted by Crippen LogP contribution is 2.29. The van der Waals surface area contributed by atoms with E-state index in [1.807, 2.05) is 12.1 Å². The highest BCUT2D eigenvalue weighted by Gasteiger charge is 2.30. The average molecular weight is 520 g/mol. The zero-order valence-corrected chi connectivity index (χ0v) is 22.1. The summed E-state index contributed by atoms with van der Waals surface area (Å²) in [6.45, 7) is 6.15. The Bertz CT molecular complexity index is 1250. The number of carbonyl (C=O) groups is 1. The van der Waals surface area contributed by atoms with Gasteiger partial charge in [0.25, 0.3) is 0 Å². The van der Waals surface area contributed by atoms with Crippen molar-refractivity contribution in [2.75, 3.05) is 37.6 Å². The van der Waals surface area contributed by atoms with Gasteiger partial charge in [0.15, 0.2) is 17.0 Å². The van der Waals surface area contributed by atoms with Crippen molar-refractivity contribution < 1.29 is 9.18 Å². The first kappa shape index (κ1) is 25.2. The smallest absolute Gasteiger partial charge is 0.224 e. The van der Waals surface area contributed by atoms with Crippen LogP contribution in [0.2, 0.25) is 0 Å². The molecule has 2 aromatic heterocycles. The summed E-state index contributed by atoms with van der Waals surface area (Å²) in [6.07, 6.45) is 10.2. The summed E-state index contributed by atoms with van der Waals surface area (Å²) in [4.78, 5) is 32.0. The van der Waals surface area contributed by atoms with Gasteiger partial charge in [-0.15, -0.1) is 0 Å². The maximum atomic E-state index is 13.2. The summed E-state index contributed by atoms with van der Waals surface area (Å²) >= 11 is 0. The molecule has 5 heterocycles. The molecule has 9 heteroatoms. The van der Waals surface area contributed by atoms with Gasteiger partial charge in [-0.2, -0.15) is 0 Å². The maximum absolute atomic E-state index is 13.2. The number of hydrogen-bond donors (Lipinski definition) is 1. The lowest BCUT2D eigenvalue weighted by Gasteiger charge is -2.34. The second-order valence-electron chi connectivity index (χ2n) is 11.2. The molecular weight excluding hydrogens is 481 g/mol. The molecule has 0 saturated carbocycles. The van der Waals surface area contributed by atoms with E-state index in [1.165, 1.54) is 25.0 Å². The van der Waals surface area contributed by atoms with E-state index < -0.39 is 0 Å². The number of benzene rings is 1. The van der Waals surface area contributed by atoms with Crippen LogP contribution in [0.25, 0.3) is 11.2 Å². The van der Waals surface area contributed by atoms with Crippen molar-refractivity contribution in [3.05, 3.63) is 47.8 Å². The molecule has 202 valence electrons. The lowest BCUT2D eigenvalue weighted by molar-refractivity contribution is -0.125. The molecule has 1 N–H and O–H groups in total. The predicted molar refractivity (Wildman–Crippen MR) is 145 cm³/mol. The van der Waals surface area contributed by atoms with E-state index in [0.717, 1.165) is 106 Å². The molecule has 3 aromatic rings. The largest absolute Gasteiger partial charge is 0.356 e. The Kier molecular flexibility index (Phi) is 7.53. The number of anilines is 1. The van der Waals surface area contributed by atoms with Crippen LogP contribution in [0.3, 0.4) is 0 Å². The first-order valence-corrected chi connectivity index (χ1v) is 14.3. The van der Waals surface area contributed by atoms with Gasteiger partial charge in [0.05, 0.1) is 5.92 Å². The molecule has 3 aliphatic rings. The van der Waals surface area contributed by atoms with Crippen molar-refractivity contribution in [3.8, 4) is 0 Å². The van der Waals surface area contributed by atoms with E-state index in [4.69, 9.17) is 4.98 Å². The van der Waals surface area contributed by atoms with Crippen LogP contribution in [-0.4, -0.2) is 63.0 Å². The van der Waals surface area contributed by atoms with Gasteiger partial charge in [-0.05, 0) is 75.2 Å². The van der Waals surface area contributed by atoms with Crippen LogP contribution in [0, 0.1) is 17.7 Å². The van der Waals surface area contributed by atoms with Crippen LogP contribution in [-0.2, 0) is 24.3 Å². The SMILES string of the molecule is O=C(NCC1CCN(Cc2ccc(F)cc2)CC1)[C@H]1CCCN(c2ncnc3c2nc2n3CCCCC2)C1. The second kappa shape index (κ2) is 11.4. The second-order valence-corrected chi connectivity index (χ2v) is 11.2. The van der Waals surface area contributed by atoms with Crippen molar-refractivity contribution in [2.45, 2.75) is 64.5 Å². The number of fused-ring (bicyclic) bond motifs is 3. The van der Waals surface area contributed by atoms with Crippen molar-refractivity contribution in [1.29, 1.82) is 0 Å². The number of aryl methyl sites for hydroxylation is 2.